The molecule has 3 aromatic rings. The Bertz CT molecular complexity index is 938. The Labute approximate surface area is 150 Å². The van der Waals surface area contributed by atoms with Crippen molar-refractivity contribution in [2.24, 2.45) is 0 Å². The predicted octanol–water partition coefficient (Wildman–Crippen LogP) is 3.11. The van der Waals surface area contributed by atoms with Crippen molar-refractivity contribution >= 4 is 51.0 Å². The number of nitrogens with one attached hydrogen (secondary N) is 2. The standard InChI is InChI=1S/C16H11ClIN3O2/c17-10-6-4-9(5-7-10)8-19-16(23)14-15(22)11-2-1-3-12(18)13(11)20-21-14/h1-7H,8H2,(H,19,23)(H,20,22). The van der Waals surface area contributed by atoms with Crippen LogP contribution in [0.15, 0.2) is 47.3 Å². The molecule has 2 N–H and O–H groups in total. The van der Waals surface area contributed by atoms with Crippen LogP contribution in [0, 0.1) is 3.57 Å². The number of carbonyl (C=O) groups excluding carboxylic acids is 1. The highest BCUT2D eigenvalue weighted by Crippen LogP contribution is 2.15. The average Bonchev–Trinajstić information content (AvgIpc) is 2.55. The summed E-state index contributed by atoms with van der Waals surface area (Å²) in [6.07, 6.45) is 0. The van der Waals surface area contributed by atoms with E-state index in [2.05, 4.69) is 38.1 Å². The number of nitrogens with zero attached hydrogens (tertiary/aromatic N) is 1. The third-order valence-corrected chi connectivity index (χ3v) is 4.49. The van der Waals surface area contributed by atoms with Crippen molar-refractivity contribution in [1.82, 2.24) is 15.5 Å². The lowest BCUT2D eigenvalue weighted by atomic mass is 10.2. The summed E-state index contributed by atoms with van der Waals surface area (Å²) in [7, 11) is 0. The Balaban J connectivity index is 1.85. The first-order chi connectivity index (χ1) is 11.1. The van der Waals surface area contributed by atoms with Gasteiger partial charge in [-0.3, -0.25) is 14.7 Å². The van der Waals surface area contributed by atoms with Gasteiger partial charge in [0, 0.05) is 15.1 Å². The summed E-state index contributed by atoms with van der Waals surface area (Å²) >= 11 is 7.93. The molecule has 0 radical (unpaired) electrons. The first kappa shape index (κ1) is 15.9. The molecule has 0 aliphatic carbocycles. The molecule has 0 unspecified atom stereocenters. The van der Waals surface area contributed by atoms with Crippen LogP contribution >= 0.6 is 34.2 Å². The Morgan fingerprint density at radius 1 is 1.22 bits per heavy atom. The number of halogens is 2. The lowest BCUT2D eigenvalue weighted by Crippen LogP contribution is -2.30. The summed E-state index contributed by atoms with van der Waals surface area (Å²) in [6, 6.07) is 12.4. The minimum Gasteiger partial charge on any atom is -0.346 e. The fourth-order valence-electron chi connectivity index (χ4n) is 2.14. The van der Waals surface area contributed by atoms with Gasteiger partial charge in [0.1, 0.15) is 0 Å². The molecule has 1 aromatic heterocycles. The first-order valence-corrected chi connectivity index (χ1v) is 8.21. The number of amides is 1. The van der Waals surface area contributed by atoms with Crippen LogP contribution in [-0.2, 0) is 6.54 Å². The van der Waals surface area contributed by atoms with Gasteiger partial charge in [0.2, 0.25) is 5.43 Å². The van der Waals surface area contributed by atoms with E-state index in [0.717, 1.165) is 9.13 Å². The molecule has 0 atom stereocenters. The van der Waals surface area contributed by atoms with Gasteiger partial charge in [0.25, 0.3) is 5.91 Å². The van der Waals surface area contributed by atoms with Gasteiger partial charge in [0.15, 0.2) is 5.69 Å². The average molecular weight is 440 g/mol. The molecule has 23 heavy (non-hydrogen) atoms. The van der Waals surface area contributed by atoms with Crippen LogP contribution in [-0.4, -0.2) is 16.1 Å². The molecule has 7 heteroatoms. The van der Waals surface area contributed by atoms with Crippen molar-refractivity contribution in [1.29, 1.82) is 0 Å². The summed E-state index contributed by atoms with van der Waals surface area (Å²) in [5.74, 6) is -0.512. The fourth-order valence-corrected chi connectivity index (χ4v) is 2.88. The molecule has 3 rings (SSSR count). The van der Waals surface area contributed by atoms with E-state index in [1.807, 2.05) is 18.2 Å². The van der Waals surface area contributed by atoms with E-state index in [-0.39, 0.29) is 11.1 Å². The molecule has 0 aliphatic rings. The maximum atomic E-state index is 12.4. The topological polar surface area (TPSA) is 74.8 Å². The highest BCUT2D eigenvalue weighted by atomic mass is 127. The van der Waals surface area contributed by atoms with Crippen molar-refractivity contribution in [3.63, 3.8) is 0 Å². The molecular formula is C16H11ClIN3O2. The molecule has 116 valence electrons. The molecule has 1 heterocycles. The van der Waals surface area contributed by atoms with Crippen molar-refractivity contribution < 1.29 is 4.79 Å². The highest BCUT2D eigenvalue weighted by molar-refractivity contribution is 14.1. The van der Waals surface area contributed by atoms with Crippen LogP contribution in [0.4, 0.5) is 0 Å². The number of hydrogen-bond acceptors (Lipinski definition) is 3. The van der Waals surface area contributed by atoms with E-state index < -0.39 is 5.91 Å². The molecule has 0 saturated carbocycles. The van der Waals surface area contributed by atoms with Crippen LogP contribution in [0.3, 0.4) is 0 Å². The van der Waals surface area contributed by atoms with E-state index in [1.165, 1.54) is 0 Å². The third kappa shape index (κ3) is 3.37. The zero-order chi connectivity index (χ0) is 16.4. The number of hydrogen-bond donors (Lipinski definition) is 2. The number of aromatic nitrogens is 2. The smallest absolute Gasteiger partial charge is 0.276 e. The SMILES string of the molecule is O=C(NCc1ccc(Cl)cc1)c1n[nH]c2c(I)cccc2c1=O. The van der Waals surface area contributed by atoms with Crippen LogP contribution in [0.5, 0.6) is 0 Å². The van der Waals surface area contributed by atoms with E-state index >= 15 is 0 Å². The summed E-state index contributed by atoms with van der Waals surface area (Å²) in [5, 5.41) is 10.5. The first-order valence-electron chi connectivity index (χ1n) is 6.76. The van der Waals surface area contributed by atoms with Crippen LogP contribution in [0.25, 0.3) is 10.9 Å². The van der Waals surface area contributed by atoms with Crippen molar-refractivity contribution in [3.05, 3.63) is 72.5 Å². The van der Waals surface area contributed by atoms with Gasteiger partial charge in [-0.05, 0) is 52.4 Å². The molecule has 1 amide bonds. The number of aromatic amines is 1. The second-order valence-corrected chi connectivity index (χ2v) is 6.47. The number of benzene rings is 2. The fraction of sp³-hybridized carbons (Fsp3) is 0.0625. The third-order valence-electron chi connectivity index (χ3n) is 3.33. The van der Waals surface area contributed by atoms with Crippen molar-refractivity contribution in [2.75, 3.05) is 0 Å². The normalized spacial score (nSPS) is 10.7. The zero-order valence-corrected chi connectivity index (χ0v) is 14.7. The summed E-state index contributed by atoms with van der Waals surface area (Å²) in [6.45, 7) is 0.293. The molecule has 2 aromatic carbocycles. The largest absolute Gasteiger partial charge is 0.346 e. The van der Waals surface area contributed by atoms with Crippen LogP contribution in [0.2, 0.25) is 5.02 Å². The number of para-hydroxylation sites is 1. The molecule has 0 spiro atoms. The van der Waals surface area contributed by atoms with Gasteiger partial charge in [0.05, 0.1) is 10.9 Å². The number of rotatable bonds is 3. The summed E-state index contributed by atoms with van der Waals surface area (Å²) in [4.78, 5) is 24.6. The monoisotopic (exact) mass is 439 g/mol. The Hall–Kier alpha value is -1.93. The minimum absolute atomic E-state index is 0.145. The maximum Gasteiger partial charge on any atom is 0.276 e. The molecule has 5 nitrogen and oxygen atoms in total. The minimum atomic E-state index is -0.512. The Kier molecular flexibility index (Phi) is 4.63. The quantitative estimate of drug-likeness (QED) is 0.616. The molecular weight excluding hydrogens is 429 g/mol. The van der Waals surface area contributed by atoms with E-state index in [1.54, 1.807) is 24.3 Å². The lowest BCUT2D eigenvalue weighted by molar-refractivity contribution is 0.0944. The highest BCUT2D eigenvalue weighted by Gasteiger charge is 2.15. The number of H-pyrrole nitrogens is 1. The molecule has 0 saturated heterocycles. The van der Waals surface area contributed by atoms with Crippen LogP contribution in [0.1, 0.15) is 16.1 Å². The number of fused-ring (bicyclic) bond motifs is 1. The zero-order valence-electron chi connectivity index (χ0n) is 11.8. The predicted molar refractivity (Wildman–Crippen MR) is 97.7 cm³/mol. The second kappa shape index (κ2) is 6.67. The molecule has 0 aliphatic heterocycles. The van der Waals surface area contributed by atoms with Gasteiger partial charge >= 0.3 is 0 Å². The van der Waals surface area contributed by atoms with Crippen molar-refractivity contribution in [2.45, 2.75) is 6.54 Å². The molecule has 0 fully saturated rings. The lowest BCUT2D eigenvalue weighted by Gasteiger charge is -2.06. The van der Waals surface area contributed by atoms with E-state index in [9.17, 15) is 9.59 Å². The summed E-state index contributed by atoms with van der Waals surface area (Å²) in [5.41, 5.74) is 0.987. The van der Waals surface area contributed by atoms with Gasteiger partial charge in [-0.2, -0.15) is 5.10 Å². The summed E-state index contributed by atoms with van der Waals surface area (Å²) < 4.78 is 0.873. The van der Waals surface area contributed by atoms with Gasteiger partial charge in [-0.1, -0.05) is 29.8 Å². The van der Waals surface area contributed by atoms with E-state index in [0.29, 0.717) is 22.5 Å². The van der Waals surface area contributed by atoms with Gasteiger partial charge in [-0.25, -0.2) is 0 Å². The second-order valence-electron chi connectivity index (χ2n) is 4.87. The maximum absolute atomic E-state index is 12.4. The van der Waals surface area contributed by atoms with E-state index in [4.69, 9.17) is 11.6 Å². The Morgan fingerprint density at radius 2 is 1.96 bits per heavy atom. The Morgan fingerprint density at radius 3 is 2.70 bits per heavy atom. The number of carbonyl (C=O) groups is 1. The van der Waals surface area contributed by atoms with Gasteiger partial charge in [-0.15, -0.1) is 0 Å². The van der Waals surface area contributed by atoms with Gasteiger partial charge < -0.3 is 5.32 Å². The molecule has 0 bridgehead atoms. The van der Waals surface area contributed by atoms with Crippen molar-refractivity contribution in [3.8, 4) is 0 Å². The van der Waals surface area contributed by atoms with Crippen LogP contribution < -0.4 is 10.7 Å².